The summed E-state index contributed by atoms with van der Waals surface area (Å²) in [6, 6.07) is 7.93. The first kappa shape index (κ1) is 13.3. The van der Waals surface area contributed by atoms with Gasteiger partial charge in [-0.1, -0.05) is 23.7 Å². The van der Waals surface area contributed by atoms with E-state index >= 15 is 0 Å². The second-order valence-electron chi connectivity index (χ2n) is 4.84. The number of nitrogens with zero attached hydrogens (tertiary/aromatic N) is 3. The van der Waals surface area contributed by atoms with E-state index in [2.05, 4.69) is 20.9 Å². The smallest absolute Gasteiger partial charge is 0.147 e. The molecule has 2 aromatic rings. The summed E-state index contributed by atoms with van der Waals surface area (Å²) < 4.78 is 5.84. The van der Waals surface area contributed by atoms with Crippen molar-refractivity contribution in [3.63, 3.8) is 0 Å². The van der Waals surface area contributed by atoms with E-state index in [9.17, 15) is 0 Å². The molecule has 1 aromatic heterocycles. The van der Waals surface area contributed by atoms with Crippen LogP contribution in [0.25, 0.3) is 0 Å². The summed E-state index contributed by atoms with van der Waals surface area (Å²) in [6.45, 7) is 2.39. The molecule has 1 atom stereocenters. The number of benzene rings is 1. The van der Waals surface area contributed by atoms with E-state index in [-0.39, 0.29) is 6.10 Å². The highest BCUT2D eigenvalue weighted by Crippen LogP contribution is 2.18. The van der Waals surface area contributed by atoms with Crippen LogP contribution in [0.15, 0.2) is 42.9 Å². The van der Waals surface area contributed by atoms with Gasteiger partial charge in [-0.3, -0.25) is 4.98 Å². The number of morpholine rings is 1. The number of aromatic nitrogens is 2. The van der Waals surface area contributed by atoms with Gasteiger partial charge in [0.2, 0.25) is 0 Å². The first-order valence-corrected chi connectivity index (χ1v) is 7.06. The first-order chi connectivity index (χ1) is 9.81. The van der Waals surface area contributed by atoms with Crippen LogP contribution in [-0.4, -0.2) is 35.8 Å². The first-order valence-electron chi connectivity index (χ1n) is 6.68. The third-order valence-corrected chi connectivity index (χ3v) is 3.60. The Labute approximate surface area is 123 Å². The molecule has 4 nitrogen and oxygen atoms in total. The predicted octanol–water partition coefficient (Wildman–Crippen LogP) is 2.58. The zero-order valence-corrected chi connectivity index (χ0v) is 11.8. The number of hydrogen-bond acceptors (Lipinski definition) is 4. The predicted molar refractivity (Wildman–Crippen MR) is 79.1 cm³/mol. The van der Waals surface area contributed by atoms with Crippen molar-refractivity contribution in [2.24, 2.45) is 0 Å². The van der Waals surface area contributed by atoms with Crippen molar-refractivity contribution in [1.29, 1.82) is 0 Å². The molecule has 104 valence electrons. The highest BCUT2D eigenvalue weighted by atomic mass is 35.5. The standard InChI is InChI=1S/C15H16ClN3O/c16-13-3-1-2-12(8-13)9-14-11-19(6-7-20-14)15-10-17-4-5-18-15/h1-5,8,10,14H,6-7,9,11H2/t14-/m0/s1. The fourth-order valence-electron chi connectivity index (χ4n) is 2.43. The van der Waals surface area contributed by atoms with Crippen molar-refractivity contribution in [3.8, 4) is 0 Å². The number of halogens is 1. The maximum Gasteiger partial charge on any atom is 0.147 e. The Kier molecular flexibility index (Phi) is 4.14. The molecule has 1 aromatic carbocycles. The minimum absolute atomic E-state index is 0.157. The van der Waals surface area contributed by atoms with Gasteiger partial charge in [0.05, 0.1) is 18.9 Å². The largest absolute Gasteiger partial charge is 0.374 e. The van der Waals surface area contributed by atoms with Crippen molar-refractivity contribution < 1.29 is 4.74 Å². The fraction of sp³-hybridized carbons (Fsp3) is 0.333. The number of anilines is 1. The van der Waals surface area contributed by atoms with Crippen LogP contribution in [0.5, 0.6) is 0 Å². The van der Waals surface area contributed by atoms with Gasteiger partial charge >= 0.3 is 0 Å². The number of ether oxygens (including phenoxy) is 1. The van der Waals surface area contributed by atoms with Crippen LogP contribution in [-0.2, 0) is 11.2 Å². The topological polar surface area (TPSA) is 38.2 Å². The maximum atomic E-state index is 6.02. The molecule has 1 saturated heterocycles. The lowest BCUT2D eigenvalue weighted by molar-refractivity contribution is 0.0408. The molecule has 1 aliphatic rings. The third kappa shape index (κ3) is 3.26. The molecule has 1 aliphatic heterocycles. The van der Waals surface area contributed by atoms with Gasteiger partial charge in [0.25, 0.3) is 0 Å². The summed E-state index contributed by atoms with van der Waals surface area (Å²) in [5, 5.41) is 0.768. The van der Waals surface area contributed by atoms with Crippen LogP contribution in [0.3, 0.4) is 0 Å². The van der Waals surface area contributed by atoms with Crippen LogP contribution in [0.1, 0.15) is 5.56 Å². The van der Waals surface area contributed by atoms with Crippen LogP contribution in [0.4, 0.5) is 5.82 Å². The fourth-order valence-corrected chi connectivity index (χ4v) is 2.65. The average Bonchev–Trinajstić information content (AvgIpc) is 2.48. The Hall–Kier alpha value is -1.65. The molecule has 0 saturated carbocycles. The lowest BCUT2D eigenvalue weighted by atomic mass is 10.1. The van der Waals surface area contributed by atoms with Crippen LogP contribution in [0, 0.1) is 0 Å². The van der Waals surface area contributed by atoms with Gasteiger partial charge < -0.3 is 9.64 Å². The van der Waals surface area contributed by atoms with Gasteiger partial charge in [-0.25, -0.2) is 4.98 Å². The van der Waals surface area contributed by atoms with Crippen LogP contribution < -0.4 is 4.90 Å². The average molecular weight is 290 g/mol. The minimum atomic E-state index is 0.157. The van der Waals surface area contributed by atoms with E-state index in [1.165, 1.54) is 5.56 Å². The van der Waals surface area contributed by atoms with Crippen molar-refractivity contribution >= 4 is 17.4 Å². The maximum absolute atomic E-state index is 6.02. The zero-order chi connectivity index (χ0) is 13.8. The molecule has 1 fully saturated rings. The van der Waals surface area contributed by atoms with Gasteiger partial charge in [-0.05, 0) is 17.7 Å². The Morgan fingerprint density at radius 3 is 3.10 bits per heavy atom. The molecule has 0 radical (unpaired) electrons. The Morgan fingerprint density at radius 1 is 1.35 bits per heavy atom. The van der Waals surface area contributed by atoms with Crippen molar-refractivity contribution in [2.75, 3.05) is 24.6 Å². The lowest BCUT2D eigenvalue weighted by Crippen LogP contribution is -2.43. The van der Waals surface area contributed by atoms with E-state index in [4.69, 9.17) is 16.3 Å². The summed E-state index contributed by atoms with van der Waals surface area (Å²) in [7, 11) is 0. The molecule has 0 spiro atoms. The lowest BCUT2D eigenvalue weighted by Gasteiger charge is -2.33. The molecule has 0 amide bonds. The van der Waals surface area contributed by atoms with Gasteiger partial charge in [-0.15, -0.1) is 0 Å². The number of hydrogen-bond donors (Lipinski definition) is 0. The molecule has 0 bridgehead atoms. The molecular formula is C15H16ClN3O. The summed E-state index contributed by atoms with van der Waals surface area (Å²) >= 11 is 6.02. The highest BCUT2D eigenvalue weighted by Gasteiger charge is 2.21. The summed E-state index contributed by atoms with van der Waals surface area (Å²) in [5.74, 6) is 0.909. The number of rotatable bonds is 3. The summed E-state index contributed by atoms with van der Waals surface area (Å²) in [6.07, 6.45) is 6.22. The summed E-state index contributed by atoms with van der Waals surface area (Å²) in [4.78, 5) is 10.7. The Balaban J connectivity index is 1.66. The van der Waals surface area contributed by atoms with Gasteiger partial charge in [0, 0.05) is 36.9 Å². The van der Waals surface area contributed by atoms with Crippen LogP contribution in [0.2, 0.25) is 5.02 Å². The van der Waals surface area contributed by atoms with Gasteiger partial charge in [0.15, 0.2) is 0 Å². The van der Waals surface area contributed by atoms with Crippen molar-refractivity contribution in [1.82, 2.24) is 9.97 Å². The van der Waals surface area contributed by atoms with Crippen molar-refractivity contribution in [2.45, 2.75) is 12.5 Å². The molecule has 0 unspecified atom stereocenters. The normalized spacial score (nSPS) is 19.1. The highest BCUT2D eigenvalue weighted by molar-refractivity contribution is 6.30. The molecule has 0 aliphatic carbocycles. The Bertz CT molecular complexity index is 564. The SMILES string of the molecule is Clc1cccc(C[C@H]2CN(c3cnccn3)CCO2)c1. The van der Waals surface area contributed by atoms with E-state index in [1.807, 2.05) is 18.2 Å². The molecule has 20 heavy (non-hydrogen) atoms. The van der Waals surface area contributed by atoms with Gasteiger partial charge in [0.1, 0.15) is 5.82 Å². The quantitative estimate of drug-likeness (QED) is 0.870. The monoisotopic (exact) mass is 289 g/mol. The van der Waals surface area contributed by atoms with E-state index in [0.717, 1.165) is 30.4 Å². The van der Waals surface area contributed by atoms with E-state index in [1.54, 1.807) is 18.6 Å². The third-order valence-electron chi connectivity index (χ3n) is 3.36. The second-order valence-corrected chi connectivity index (χ2v) is 5.27. The Morgan fingerprint density at radius 2 is 2.30 bits per heavy atom. The second kappa shape index (κ2) is 6.20. The zero-order valence-electron chi connectivity index (χ0n) is 11.1. The molecule has 5 heteroatoms. The van der Waals surface area contributed by atoms with Crippen molar-refractivity contribution in [3.05, 3.63) is 53.4 Å². The van der Waals surface area contributed by atoms with E-state index < -0.39 is 0 Å². The summed E-state index contributed by atoms with van der Waals surface area (Å²) in [5.41, 5.74) is 1.20. The molecule has 2 heterocycles. The van der Waals surface area contributed by atoms with E-state index in [0.29, 0.717) is 6.61 Å². The van der Waals surface area contributed by atoms with Gasteiger partial charge in [-0.2, -0.15) is 0 Å². The van der Waals surface area contributed by atoms with Crippen LogP contribution >= 0.6 is 11.6 Å². The molecular weight excluding hydrogens is 274 g/mol. The molecule has 3 rings (SSSR count). The minimum Gasteiger partial charge on any atom is -0.374 e. The molecule has 0 N–H and O–H groups in total.